The molecule has 1 amide bonds. The van der Waals surface area contributed by atoms with Crippen molar-refractivity contribution < 1.29 is 14.0 Å². The van der Waals surface area contributed by atoms with E-state index in [0.29, 0.717) is 5.69 Å². The van der Waals surface area contributed by atoms with Crippen LogP contribution in [0.4, 0.5) is 15.8 Å². The van der Waals surface area contributed by atoms with Gasteiger partial charge in [-0.1, -0.05) is 29.3 Å². The van der Waals surface area contributed by atoms with E-state index in [4.69, 9.17) is 28.9 Å². The monoisotopic (exact) mass is 386 g/mol. The van der Waals surface area contributed by atoms with E-state index in [1.807, 2.05) is 0 Å². The number of hydrogen-bond acceptors (Lipinski definition) is 4. The number of amides is 1. The van der Waals surface area contributed by atoms with Crippen LogP contribution in [0.3, 0.4) is 0 Å². The first-order chi connectivity index (χ1) is 11.3. The topological polar surface area (TPSA) is 72.2 Å². The minimum absolute atomic E-state index is 0.0179. The van der Waals surface area contributed by atoms with Gasteiger partial charge >= 0.3 is 0 Å². The highest BCUT2D eigenvalue weighted by Gasteiger charge is 2.11. The SMILES string of the molecule is CC(=O)c1ccc(SCC(=O)Nc2cc(Cl)c(N)c(Cl)c2)c(F)c1. The van der Waals surface area contributed by atoms with Gasteiger partial charge in [-0.05, 0) is 31.2 Å². The molecular weight excluding hydrogens is 374 g/mol. The van der Waals surface area contributed by atoms with E-state index in [0.717, 1.165) is 17.8 Å². The number of carbonyl (C=O) groups excluding carboxylic acids is 2. The number of halogens is 3. The molecule has 0 saturated carbocycles. The van der Waals surface area contributed by atoms with E-state index in [9.17, 15) is 14.0 Å². The molecule has 2 rings (SSSR count). The lowest BCUT2D eigenvalue weighted by Gasteiger charge is -2.09. The number of thioether (sulfide) groups is 1. The lowest BCUT2D eigenvalue weighted by Crippen LogP contribution is -2.14. The van der Waals surface area contributed by atoms with Crippen LogP contribution in [0.25, 0.3) is 0 Å². The van der Waals surface area contributed by atoms with Gasteiger partial charge in [0.25, 0.3) is 0 Å². The van der Waals surface area contributed by atoms with Crippen molar-refractivity contribution in [3.63, 3.8) is 0 Å². The number of nitrogen functional groups attached to an aromatic ring is 1. The van der Waals surface area contributed by atoms with E-state index < -0.39 is 5.82 Å². The summed E-state index contributed by atoms with van der Waals surface area (Å²) in [7, 11) is 0. The zero-order valence-electron chi connectivity index (χ0n) is 12.5. The van der Waals surface area contributed by atoms with Crippen LogP contribution in [0.1, 0.15) is 17.3 Å². The zero-order chi connectivity index (χ0) is 17.9. The molecule has 0 heterocycles. The Morgan fingerprint density at radius 1 is 1.21 bits per heavy atom. The maximum Gasteiger partial charge on any atom is 0.234 e. The molecular formula is C16H13Cl2FN2O2S. The van der Waals surface area contributed by atoms with Gasteiger partial charge in [0, 0.05) is 16.1 Å². The van der Waals surface area contributed by atoms with Crippen LogP contribution in [-0.2, 0) is 4.79 Å². The van der Waals surface area contributed by atoms with Crippen molar-refractivity contribution in [1.82, 2.24) is 0 Å². The second-order valence-electron chi connectivity index (χ2n) is 4.89. The average molecular weight is 387 g/mol. The number of benzene rings is 2. The fourth-order valence-corrected chi connectivity index (χ4v) is 3.04. The van der Waals surface area contributed by atoms with Crippen molar-refractivity contribution in [2.75, 3.05) is 16.8 Å². The maximum absolute atomic E-state index is 13.9. The fourth-order valence-electron chi connectivity index (χ4n) is 1.83. The molecule has 4 nitrogen and oxygen atoms in total. The van der Waals surface area contributed by atoms with E-state index in [2.05, 4.69) is 5.32 Å². The summed E-state index contributed by atoms with van der Waals surface area (Å²) in [5, 5.41) is 3.07. The van der Waals surface area contributed by atoms with Gasteiger partial charge in [-0.3, -0.25) is 9.59 Å². The molecule has 0 atom stereocenters. The smallest absolute Gasteiger partial charge is 0.234 e. The lowest BCUT2D eigenvalue weighted by molar-refractivity contribution is -0.113. The Bertz CT molecular complexity index is 792. The number of anilines is 2. The third-order valence-corrected chi connectivity index (χ3v) is 4.73. The van der Waals surface area contributed by atoms with Gasteiger partial charge in [-0.15, -0.1) is 11.8 Å². The summed E-state index contributed by atoms with van der Waals surface area (Å²) in [5.41, 5.74) is 6.54. The Morgan fingerprint density at radius 2 is 1.83 bits per heavy atom. The van der Waals surface area contributed by atoms with Gasteiger partial charge in [0.2, 0.25) is 5.91 Å². The second kappa shape index (κ2) is 7.88. The normalized spacial score (nSPS) is 10.5. The highest BCUT2D eigenvalue weighted by Crippen LogP contribution is 2.31. The minimum Gasteiger partial charge on any atom is -0.396 e. The molecule has 2 aromatic carbocycles. The molecule has 0 radical (unpaired) electrons. The highest BCUT2D eigenvalue weighted by atomic mass is 35.5. The summed E-state index contributed by atoms with van der Waals surface area (Å²) in [5.74, 6) is -1.14. The number of Topliss-reactive ketones (excluding diaryl/α,β-unsaturated/α-hetero) is 1. The molecule has 2 aromatic rings. The molecule has 8 heteroatoms. The quantitative estimate of drug-likeness (QED) is 0.445. The summed E-state index contributed by atoms with van der Waals surface area (Å²) in [6, 6.07) is 7.11. The number of ketones is 1. The molecule has 24 heavy (non-hydrogen) atoms. The number of nitrogens with two attached hydrogens (primary N) is 1. The molecule has 0 spiro atoms. The first-order valence-electron chi connectivity index (χ1n) is 6.75. The van der Waals surface area contributed by atoms with Crippen molar-refractivity contribution in [1.29, 1.82) is 0 Å². The molecule has 126 valence electrons. The molecule has 0 aromatic heterocycles. The molecule has 0 aliphatic carbocycles. The summed E-state index contributed by atoms with van der Waals surface area (Å²) in [4.78, 5) is 23.4. The van der Waals surface area contributed by atoms with Gasteiger partial charge in [-0.25, -0.2) is 4.39 Å². The number of rotatable bonds is 5. The average Bonchev–Trinajstić information content (AvgIpc) is 2.51. The van der Waals surface area contributed by atoms with Gasteiger partial charge < -0.3 is 11.1 Å². The van der Waals surface area contributed by atoms with Gasteiger partial charge in [-0.2, -0.15) is 0 Å². The summed E-state index contributed by atoms with van der Waals surface area (Å²) < 4.78 is 13.9. The van der Waals surface area contributed by atoms with Gasteiger partial charge in [0.1, 0.15) is 5.82 Å². The Morgan fingerprint density at radius 3 is 2.38 bits per heavy atom. The Hall–Kier alpha value is -1.76. The molecule has 3 N–H and O–H groups in total. The van der Waals surface area contributed by atoms with Crippen LogP contribution in [0, 0.1) is 5.82 Å². The van der Waals surface area contributed by atoms with E-state index in [1.54, 1.807) is 0 Å². The Labute approximate surface area is 152 Å². The van der Waals surface area contributed by atoms with Crippen molar-refractivity contribution in [3.05, 3.63) is 51.8 Å². The van der Waals surface area contributed by atoms with Crippen LogP contribution in [-0.4, -0.2) is 17.4 Å². The predicted molar refractivity (Wildman–Crippen MR) is 96.6 cm³/mol. The van der Waals surface area contributed by atoms with E-state index in [-0.39, 0.29) is 43.6 Å². The predicted octanol–water partition coefficient (Wildman–Crippen LogP) is 4.65. The van der Waals surface area contributed by atoms with Crippen LogP contribution in [0.5, 0.6) is 0 Å². The molecule has 0 aliphatic rings. The molecule has 0 unspecified atom stereocenters. The fraction of sp³-hybridized carbons (Fsp3) is 0.125. The summed E-state index contributed by atoms with van der Waals surface area (Å²) in [6.45, 7) is 1.36. The van der Waals surface area contributed by atoms with Crippen molar-refractivity contribution in [3.8, 4) is 0 Å². The molecule has 0 fully saturated rings. The standard InChI is InChI=1S/C16H13Cl2FN2O2S/c1-8(22)9-2-3-14(13(19)4-9)24-7-15(23)21-10-5-11(17)16(20)12(18)6-10/h2-6H,7,20H2,1H3,(H,21,23). The van der Waals surface area contributed by atoms with Crippen LogP contribution < -0.4 is 11.1 Å². The maximum atomic E-state index is 13.9. The molecule has 0 bridgehead atoms. The number of nitrogens with one attached hydrogen (secondary N) is 1. The van der Waals surface area contributed by atoms with E-state index in [1.165, 1.54) is 31.2 Å². The van der Waals surface area contributed by atoms with Crippen LogP contribution >= 0.6 is 35.0 Å². The van der Waals surface area contributed by atoms with Crippen molar-refractivity contribution in [2.24, 2.45) is 0 Å². The van der Waals surface area contributed by atoms with E-state index >= 15 is 0 Å². The highest BCUT2D eigenvalue weighted by molar-refractivity contribution is 8.00. The van der Waals surface area contributed by atoms with Crippen LogP contribution in [0.15, 0.2) is 35.2 Å². The number of carbonyl (C=O) groups is 2. The first kappa shape index (κ1) is 18.6. The first-order valence-corrected chi connectivity index (χ1v) is 8.49. The molecule has 0 aliphatic heterocycles. The summed E-state index contributed by atoms with van der Waals surface area (Å²) >= 11 is 12.8. The largest absolute Gasteiger partial charge is 0.396 e. The third kappa shape index (κ3) is 4.63. The molecule has 0 saturated heterocycles. The van der Waals surface area contributed by atoms with Crippen molar-refractivity contribution in [2.45, 2.75) is 11.8 Å². The Balaban J connectivity index is 2.00. The second-order valence-corrected chi connectivity index (χ2v) is 6.72. The van der Waals surface area contributed by atoms with Crippen LogP contribution in [0.2, 0.25) is 10.0 Å². The van der Waals surface area contributed by atoms with Gasteiger partial charge in [0.15, 0.2) is 5.78 Å². The minimum atomic E-state index is -0.543. The lowest BCUT2D eigenvalue weighted by atomic mass is 10.1. The zero-order valence-corrected chi connectivity index (χ0v) is 14.9. The summed E-state index contributed by atoms with van der Waals surface area (Å²) in [6.07, 6.45) is 0. The number of hydrogen-bond donors (Lipinski definition) is 2. The van der Waals surface area contributed by atoms with Gasteiger partial charge in [0.05, 0.1) is 21.5 Å². The van der Waals surface area contributed by atoms with Crippen molar-refractivity contribution >= 4 is 58.0 Å². The third-order valence-electron chi connectivity index (χ3n) is 3.06. The Kier molecular flexibility index (Phi) is 6.10.